The first-order valence-corrected chi connectivity index (χ1v) is 5.75. The summed E-state index contributed by atoms with van der Waals surface area (Å²) in [6.07, 6.45) is 0. The second kappa shape index (κ2) is 5.82. The van der Waals surface area contributed by atoms with E-state index in [1.807, 2.05) is 37.3 Å². The summed E-state index contributed by atoms with van der Waals surface area (Å²) < 4.78 is 0. The quantitative estimate of drug-likeness (QED) is 0.624. The van der Waals surface area contributed by atoms with Crippen molar-refractivity contribution in [1.82, 2.24) is 10.4 Å². The smallest absolute Gasteiger partial charge is 0.185 e. The van der Waals surface area contributed by atoms with Crippen LogP contribution in [0, 0.1) is 0 Å². The number of nitrogens with one attached hydrogen (secondary N) is 2. The summed E-state index contributed by atoms with van der Waals surface area (Å²) in [6, 6.07) is 8.21. The number of hydrogen-bond donors (Lipinski definition) is 2. The molecule has 0 aromatic heterocycles. The fourth-order valence-electron chi connectivity index (χ4n) is 1.47. The molecule has 3 nitrogen and oxygen atoms in total. The zero-order chi connectivity index (χ0) is 12.1. The molecule has 0 heterocycles. The standard InChI is InChI=1S/C12H19N3S/c1-9(2)10-7-5-6-8-11(10)13-12(16)14-15(3)4/h5-9H,1-4H3,(H2,13,14,16). The van der Waals surface area contributed by atoms with Gasteiger partial charge in [-0.05, 0) is 29.8 Å². The predicted molar refractivity (Wildman–Crippen MR) is 73.6 cm³/mol. The van der Waals surface area contributed by atoms with Crippen LogP contribution in [0.15, 0.2) is 24.3 Å². The first kappa shape index (κ1) is 12.9. The van der Waals surface area contributed by atoms with Crippen LogP contribution in [0.2, 0.25) is 0 Å². The van der Waals surface area contributed by atoms with Crippen molar-refractivity contribution in [2.45, 2.75) is 19.8 Å². The van der Waals surface area contributed by atoms with Gasteiger partial charge in [-0.25, -0.2) is 5.01 Å². The topological polar surface area (TPSA) is 27.3 Å². The number of thiocarbonyl (C=S) groups is 1. The molecule has 16 heavy (non-hydrogen) atoms. The molecule has 0 atom stereocenters. The van der Waals surface area contributed by atoms with E-state index in [-0.39, 0.29) is 0 Å². The molecule has 1 rings (SSSR count). The van der Waals surface area contributed by atoms with Gasteiger partial charge in [-0.1, -0.05) is 32.0 Å². The van der Waals surface area contributed by atoms with Crippen LogP contribution in [0.1, 0.15) is 25.3 Å². The van der Waals surface area contributed by atoms with Gasteiger partial charge >= 0.3 is 0 Å². The second-order valence-electron chi connectivity index (χ2n) is 4.20. The van der Waals surface area contributed by atoms with E-state index < -0.39 is 0 Å². The summed E-state index contributed by atoms with van der Waals surface area (Å²) in [5, 5.41) is 5.62. The van der Waals surface area contributed by atoms with Crippen molar-refractivity contribution in [1.29, 1.82) is 0 Å². The SMILES string of the molecule is CC(C)c1ccccc1NC(=S)NN(C)C. The van der Waals surface area contributed by atoms with Crippen LogP contribution in [0.5, 0.6) is 0 Å². The van der Waals surface area contributed by atoms with Crippen molar-refractivity contribution in [2.75, 3.05) is 19.4 Å². The number of benzene rings is 1. The third-order valence-electron chi connectivity index (χ3n) is 2.16. The molecule has 0 fully saturated rings. The predicted octanol–water partition coefficient (Wildman–Crippen LogP) is 2.57. The van der Waals surface area contributed by atoms with Gasteiger partial charge in [0.1, 0.15) is 0 Å². The molecule has 0 aliphatic rings. The third-order valence-corrected chi connectivity index (χ3v) is 2.35. The minimum atomic E-state index is 0.478. The Bertz CT molecular complexity index is 361. The van der Waals surface area contributed by atoms with Crippen molar-refractivity contribution < 1.29 is 0 Å². The van der Waals surface area contributed by atoms with E-state index in [0.717, 1.165) is 5.69 Å². The molecule has 0 amide bonds. The van der Waals surface area contributed by atoms with Crippen LogP contribution >= 0.6 is 12.2 Å². The molecule has 0 bridgehead atoms. The Kier molecular flexibility index (Phi) is 4.71. The lowest BCUT2D eigenvalue weighted by Crippen LogP contribution is -2.39. The van der Waals surface area contributed by atoms with Crippen LogP contribution in [0.3, 0.4) is 0 Å². The molecular weight excluding hydrogens is 218 g/mol. The van der Waals surface area contributed by atoms with E-state index in [2.05, 4.69) is 30.7 Å². The lowest BCUT2D eigenvalue weighted by molar-refractivity contribution is 0.365. The van der Waals surface area contributed by atoms with E-state index in [9.17, 15) is 0 Å². The molecule has 0 spiro atoms. The maximum atomic E-state index is 5.19. The number of hydrazine groups is 1. The summed E-state index contributed by atoms with van der Waals surface area (Å²) >= 11 is 5.19. The molecule has 0 radical (unpaired) electrons. The van der Waals surface area contributed by atoms with Crippen LogP contribution in [-0.2, 0) is 0 Å². The average Bonchev–Trinajstić information content (AvgIpc) is 2.16. The molecule has 1 aromatic rings. The number of para-hydroxylation sites is 1. The minimum Gasteiger partial charge on any atom is -0.331 e. The van der Waals surface area contributed by atoms with Gasteiger partial charge in [-0.2, -0.15) is 0 Å². The van der Waals surface area contributed by atoms with Crippen molar-refractivity contribution in [3.63, 3.8) is 0 Å². The second-order valence-corrected chi connectivity index (χ2v) is 4.61. The molecule has 0 unspecified atom stereocenters. The molecule has 0 saturated heterocycles. The molecule has 2 N–H and O–H groups in total. The summed E-state index contributed by atoms with van der Waals surface area (Å²) in [5.41, 5.74) is 5.35. The Morgan fingerprint density at radius 1 is 1.25 bits per heavy atom. The zero-order valence-electron chi connectivity index (χ0n) is 10.2. The van der Waals surface area contributed by atoms with Gasteiger partial charge in [0.25, 0.3) is 0 Å². The Morgan fingerprint density at radius 2 is 1.88 bits per heavy atom. The van der Waals surface area contributed by atoms with Gasteiger partial charge < -0.3 is 5.32 Å². The highest BCUT2D eigenvalue weighted by molar-refractivity contribution is 7.80. The Morgan fingerprint density at radius 3 is 2.44 bits per heavy atom. The third kappa shape index (κ3) is 3.79. The van der Waals surface area contributed by atoms with E-state index in [1.54, 1.807) is 0 Å². The molecule has 1 aromatic carbocycles. The van der Waals surface area contributed by atoms with Crippen molar-refractivity contribution in [3.05, 3.63) is 29.8 Å². The number of anilines is 1. The van der Waals surface area contributed by atoms with Crippen molar-refractivity contribution in [2.24, 2.45) is 0 Å². The first-order chi connectivity index (χ1) is 7.50. The van der Waals surface area contributed by atoms with E-state index in [4.69, 9.17) is 12.2 Å². The fourth-order valence-corrected chi connectivity index (χ4v) is 1.76. The van der Waals surface area contributed by atoms with Crippen LogP contribution in [-0.4, -0.2) is 24.2 Å². The number of rotatable bonds is 3. The Labute approximate surface area is 103 Å². The van der Waals surface area contributed by atoms with Crippen LogP contribution in [0.4, 0.5) is 5.69 Å². The molecule has 88 valence electrons. The lowest BCUT2D eigenvalue weighted by atomic mass is 10.0. The first-order valence-electron chi connectivity index (χ1n) is 5.34. The largest absolute Gasteiger partial charge is 0.331 e. The summed E-state index contributed by atoms with van der Waals surface area (Å²) in [5.74, 6) is 0.478. The molecule has 0 aliphatic carbocycles. The van der Waals surface area contributed by atoms with Gasteiger partial charge in [0.05, 0.1) is 0 Å². The van der Waals surface area contributed by atoms with E-state index in [0.29, 0.717) is 11.0 Å². The lowest BCUT2D eigenvalue weighted by Gasteiger charge is -2.18. The summed E-state index contributed by atoms with van der Waals surface area (Å²) in [6.45, 7) is 4.34. The maximum Gasteiger partial charge on any atom is 0.185 e. The van der Waals surface area contributed by atoms with Crippen molar-refractivity contribution >= 4 is 23.0 Å². The highest BCUT2D eigenvalue weighted by atomic mass is 32.1. The molecule has 4 heteroatoms. The average molecular weight is 237 g/mol. The van der Waals surface area contributed by atoms with Crippen LogP contribution in [0.25, 0.3) is 0 Å². The Balaban J connectivity index is 2.77. The monoisotopic (exact) mass is 237 g/mol. The fraction of sp³-hybridized carbons (Fsp3) is 0.417. The van der Waals surface area contributed by atoms with Crippen LogP contribution < -0.4 is 10.7 Å². The van der Waals surface area contributed by atoms with Gasteiger partial charge in [-0.15, -0.1) is 0 Å². The number of hydrogen-bond acceptors (Lipinski definition) is 2. The van der Waals surface area contributed by atoms with Gasteiger partial charge in [-0.3, -0.25) is 5.43 Å². The van der Waals surface area contributed by atoms with Gasteiger partial charge in [0.2, 0.25) is 0 Å². The molecule has 0 saturated carbocycles. The molecular formula is C12H19N3S. The van der Waals surface area contributed by atoms with E-state index in [1.165, 1.54) is 5.56 Å². The number of nitrogens with zero attached hydrogens (tertiary/aromatic N) is 1. The summed E-state index contributed by atoms with van der Waals surface area (Å²) in [4.78, 5) is 0. The molecule has 0 aliphatic heterocycles. The summed E-state index contributed by atoms with van der Waals surface area (Å²) in [7, 11) is 3.81. The van der Waals surface area contributed by atoms with E-state index >= 15 is 0 Å². The van der Waals surface area contributed by atoms with Crippen molar-refractivity contribution in [3.8, 4) is 0 Å². The van der Waals surface area contributed by atoms with Gasteiger partial charge in [0, 0.05) is 19.8 Å². The van der Waals surface area contributed by atoms with Gasteiger partial charge in [0.15, 0.2) is 5.11 Å². The highest BCUT2D eigenvalue weighted by Crippen LogP contribution is 2.23. The zero-order valence-corrected chi connectivity index (χ0v) is 11.1. The minimum absolute atomic E-state index is 0.478. The highest BCUT2D eigenvalue weighted by Gasteiger charge is 2.06. The maximum absolute atomic E-state index is 5.19. The normalized spacial score (nSPS) is 10.6. The Hall–Kier alpha value is -1.13.